The van der Waals surface area contributed by atoms with Crippen LogP contribution in [0.4, 0.5) is 0 Å². The fraction of sp³-hybridized carbons (Fsp3) is 0.462. The van der Waals surface area contributed by atoms with Gasteiger partial charge in [0, 0.05) is 6.04 Å². The summed E-state index contributed by atoms with van der Waals surface area (Å²) in [7, 11) is 0. The first kappa shape index (κ1) is 13.7. The molecule has 4 nitrogen and oxygen atoms in total. The monoisotopic (exact) mass is 236 g/mol. The predicted octanol–water partition coefficient (Wildman–Crippen LogP) is 0.744. The molecule has 1 aromatic carbocycles. The molecule has 3 atom stereocenters. The first-order valence-corrected chi connectivity index (χ1v) is 5.84. The molecule has 0 fully saturated rings. The van der Waals surface area contributed by atoms with Crippen LogP contribution in [0.3, 0.4) is 0 Å². The number of hydrogen-bond acceptors (Lipinski definition) is 3. The van der Waals surface area contributed by atoms with Crippen LogP contribution in [0.25, 0.3) is 0 Å². The first-order chi connectivity index (χ1) is 8.06. The van der Waals surface area contributed by atoms with Gasteiger partial charge in [0.25, 0.3) is 0 Å². The highest BCUT2D eigenvalue weighted by atomic mass is 16.3. The number of carbonyl (C=O) groups excluding carboxylic acids is 1. The van der Waals surface area contributed by atoms with E-state index in [1.807, 2.05) is 30.3 Å². The highest BCUT2D eigenvalue weighted by Crippen LogP contribution is 2.24. The number of primary amides is 1. The minimum Gasteiger partial charge on any atom is -0.382 e. The molecule has 17 heavy (non-hydrogen) atoms. The summed E-state index contributed by atoms with van der Waals surface area (Å²) in [6.45, 7) is 2.06. The fourth-order valence-electron chi connectivity index (χ4n) is 1.93. The second-order valence-electron chi connectivity index (χ2n) is 4.26. The summed E-state index contributed by atoms with van der Waals surface area (Å²) < 4.78 is 0. The van der Waals surface area contributed by atoms with Gasteiger partial charge in [-0.25, -0.2) is 0 Å². The number of benzene rings is 1. The molecule has 0 aliphatic rings. The predicted molar refractivity (Wildman–Crippen MR) is 67.3 cm³/mol. The molecule has 5 N–H and O–H groups in total. The van der Waals surface area contributed by atoms with Gasteiger partial charge in [0.1, 0.15) is 6.10 Å². The topological polar surface area (TPSA) is 89.3 Å². The zero-order valence-corrected chi connectivity index (χ0v) is 10.0. The Kier molecular flexibility index (Phi) is 5.12. The van der Waals surface area contributed by atoms with Crippen molar-refractivity contribution in [1.82, 2.24) is 0 Å². The Balaban J connectivity index is 2.68. The van der Waals surface area contributed by atoms with Crippen LogP contribution in [0.2, 0.25) is 0 Å². The van der Waals surface area contributed by atoms with Crippen LogP contribution in [0.15, 0.2) is 30.3 Å². The van der Waals surface area contributed by atoms with E-state index in [-0.39, 0.29) is 5.92 Å². The summed E-state index contributed by atoms with van der Waals surface area (Å²) in [4.78, 5) is 10.8. The zero-order valence-electron chi connectivity index (χ0n) is 10.0. The van der Waals surface area contributed by atoms with Gasteiger partial charge in [0.05, 0.1) is 0 Å². The third kappa shape index (κ3) is 3.84. The summed E-state index contributed by atoms with van der Waals surface area (Å²) in [5, 5.41) is 9.49. The van der Waals surface area contributed by atoms with Gasteiger partial charge in [-0.15, -0.1) is 0 Å². The number of amides is 1. The van der Waals surface area contributed by atoms with Crippen molar-refractivity contribution in [2.24, 2.45) is 11.5 Å². The van der Waals surface area contributed by atoms with Crippen molar-refractivity contribution in [3.8, 4) is 0 Å². The molecule has 0 spiro atoms. The summed E-state index contributed by atoms with van der Waals surface area (Å²) in [6, 6.07) is 9.32. The summed E-state index contributed by atoms with van der Waals surface area (Å²) >= 11 is 0. The first-order valence-electron chi connectivity index (χ1n) is 5.84. The van der Waals surface area contributed by atoms with Crippen molar-refractivity contribution in [3.63, 3.8) is 0 Å². The van der Waals surface area contributed by atoms with Crippen molar-refractivity contribution in [3.05, 3.63) is 35.9 Å². The largest absolute Gasteiger partial charge is 0.382 e. The Labute approximate surface area is 102 Å². The van der Waals surface area contributed by atoms with Gasteiger partial charge in [-0.05, 0) is 24.3 Å². The lowest BCUT2D eigenvalue weighted by Crippen LogP contribution is -2.44. The molecule has 4 heteroatoms. The van der Waals surface area contributed by atoms with Crippen molar-refractivity contribution >= 4 is 5.91 Å². The van der Waals surface area contributed by atoms with Crippen LogP contribution < -0.4 is 11.5 Å². The maximum absolute atomic E-state index is 10.8. The number of carbonyl (C=O) groups is 1. The third-order valence-corrected chi connectivity index (χ3v) is 3.02. The van der Waals surface area contributed by atoms with E-state index in [0.717, 1.165) is 6.42 Å². The number of hydrogen-bond donors (Lipinski definition) is 3. The lowest BCUT2D eigenvalue weighted by atomic mass is 9.88. The maximum Gasteiger partial charge on any atom is 0.247 e. The lowest BCUT2D eigenvalue weighted by molar-refractivity contribution is -0.127. The molecule has 0 saturated carbocycles. The second-order valence-corrected chi connectivity index (χ2v) is 4.26. The van der Waals surface area contributed by atoms with Crippen LogP contribution in [0, 0.1) is 0 Å². The van der Waals surface area contributed by atoms with Crippen LogP contribution in [0.1, 0.15) is 31.2 Å². The summed E-state index contributed by atoms with van der Waals surface area (Å²) in [6.07, 6.45) is 0.182. The highest BCUT2D eigenvalue weighted by Gasteiger charge is 2.23. The minimum absolute atomic E-state index is 0.236. The molecule has 0 radical (unpaired) electrons. The lowest BCUT2D eigenvalue weighted by Gasteiger charge is -2.22. The van der Waals surface area contributed by atoms with E-state index in [1.54, 1.807) is 0 Å². The molecule has 1 rings (SSSR count). The van der Waals surface area contributed by atoms with Crippen molar-refractivity contribution in [2.75, 3.05) is 0 Å². The van der Waals surface area contributed by atoms with Crippen molar-refractivity contribution < 1.29 is 9.90 Å². The average Bonchev–Trinajstić information content (AvgIpc) is 2.35. The van der Waals surface area contributed by atoms with E-state index in [2.05, 4.69) is 6.92 Å². The van der Waals surface area contributed by atoms with Gasteiger partial charge in [0.15, 0.2) is 0 Å². The smallest absolute Gasteiger partial charge is 0.247 e. The quantitative estimate of drug-likeness (QED) is 0.680. The number of aliphatic hydroxyl groups is 1. The zero-order chi connectivity index (χ0) is 12.8. The molecule has 1 aromatic rings. The Morgan fingerprint density at radius 2 is 1.94 bits per heavy atom. The number of aliphatic hydroxyl groups excluding tert-OH is 1. The summed E-state index contributed by atoms with van der Waals surface area (Å²) in [5.74, 6) is -0.527. The second kappa shape index (κ2) is 6.37. The number of rotatable bonds is 6. The SMILES string of the molecule is CCC(C[C@H](N)C(O)C(N)=O)c1ccccc1. The Hall–Kier alpha value is -1.39. The van der Waals surface area contributed by atoms with Crippen LogP contribution in [-0.2, 0) is 4.79 Å². The van der Waals surface area contributed by atoms with Crippen molar-refractivity contribution in [1.29, 1.82) is 0 Å². The third-order valence-electron chi connectivity index (χ3n) is 3.02. The van der Waals surface area contributed by atoms with E-state index in [1.165, 1.54) is 5.56 Å². The molecule has 0 aromatic heterocycles. The molecule has 94 valence electrons. The van der Waals surface area contributed by atoms with Gasteiger partial charge < -0.3 is 16.6 Å². The molecule has 0 aliphatic carbocycles. The number of nitrogens with two attached hydrogens (primary N) is 2. The Morgan fingerprint density at radius 3 is 2.41 bits per heavy atom. The highest BCUT2D eigenvalue weighted by molar-refractivity contribution is 5.79. The van der Waals surface area contributed by atoms with E-state index in [9.17, 15) is 9.90 Å². The standard InChI is InChI=1S/C13H20N2O2/c1-2-9(10-6-4-3-5-7-10)8-11(14)12(16)13(15)17/h3-7,9,11-12,16H,2,8,14H2,1H3,(H2,15,17)/t9?,11-,12?/m0/s1. The van der Waals surface area contributed by atoms with E-state index in [0.29, 0.717) is 6.42 Å². The molecular formula is C13H20N2O2. The normalized spacial score (nSPS) is 16.2. The van der Waals surface area contributed by atoms with Gasteiger partial charge >= 0.3 is 0 Å². The van der Waals surface area contributed by atoms with Gasteiger partial charge in [0.2, 0.25) is 5.91 Å². The minimum atomic E-state index is -1.27. The van der Waals surface area contributed by atoms with E-state index < -0.39 is 18.1 Å². The fourth-order valence-corrected chi connectivity index (χ4v) is 1.93. The van der Waals surface area contributed by atoms with Gasteiger partial charge in [-0.2, -0.15) is 0 Å². The van der Waals surface area contributed by atoms with Gasteiger partial charge in [-0.3, -0.25) is 4.79 Å². The molecular weight excluding hydrogens is 216 g/mol. The van der Waals surface area contributed by atoms with Crippen LogP contribution in [0.5, 0.6) is 0 Å². The van der Waals surface area contributed by atoms with E-state index in [4.69, 9.17) is 11.5 Å². The molecule has 0 aliphatic heterocycles. The molecule has 1 amide bonds. The molecule has 0 saturated heterocycles. The van der Waals surface area contributed by atoms with Crippen LogP contribution >= 0.6 is 0 Å². The maximum atomic E-state index is 10.8. The Bertz CT molecular complexity index is 354. The molecule has 0 bridgehead atoms. The molecule has 2 unspecified atom stereocenters. The van der Waals surface area contributed by atoms with E-state index >= 15 is 0 Å². The molecule has 0 heterocycles. The average molecular weight is 236 g/mol. The Morgan fingerprint density at radius 1 is 1.35 bits per heavy atom. The summed E-state index contributed by atoms with van der Waals surface area (Å²) in [5.41, 5.74) is 12.0. The van der Waals surface area contributed by atoms with Crippen molar-refractivity contribution in [2.45, 2.75) is 37.8 Å². The van der Waals surface area contributed by atoms with Crippen LogP contribution in [-0.4, -0.2) is 23.2 Å². The van der Waals surface area contributed by atoms with Gasteiger partial charge in [-0.1, -0.05) is 37.3 Å².